The van der Waals surface area contributed by atoms with Gasteiger partial charge in [-0.25, -0.2) is 0 Å². The summed E-state index contributed by atoms with van der Waals surface area (Å²) >= 11 is 0. The predicted molar refractivity (Wildman–Crippen MR) is 142 cm³/mol. The summed E-state index contributed by atoms with van der Waals surface area (Å²) in [6.45, 7) is 7.45. The zero-order valence-electron chi connectivity index (χ0n) is 22.6. The standard InChI is InChI=1S/C30H60O2/c1-4-7-10-13-16-19-22-25-28-32-30(31)29(26-23-20-17-14-11-8-5-2)27-24-21-18-15-12-9-6-3/h29H,4-28H2,1-3H3. The van der Waals surface area contributed by atoms with E-state index in [-0.39, 0.29) is 11.9 Å². The average Bonchev–Trinajstić information content (AvgIpc) is 2.80. The Morgan fingerprint density at radius 3 is 1.16 bits per heavy atom. The van der Waals surface area contributed by atoms with Gasteiger partial charge in [-0.3, -0.25) is 4.79 Å². The fourth-order valence-corrected chi connectivity index (χ4v) is 4.60. The summed E-state index contributed by atoms with van der Waals surface area (Å²) < 4.78 is 5.73. The summed E-state index contributed by atoms with van der Waals surface area (Å²) in [5, 5.41) is 0. The summed E-state index contributed by atoms with van der Waals surface area (Å²) in [5.41, 5.74) is 0. The number of carbonyl (C=O) groups is 1. The topological polar surface area (TPSA) is 26.3 Å². The molecule has 0 bridgehead atoms. The molecule has 0 saturated carbocycles. The van der Waals surface area contributed by atoms with Crippen LogP contribution in [0, 0.1) is 5.92 Å². The number of carbonyl (C=O) groups excluding carboxylic acids is 1. The second-order valence-electron chi connectivity index (χ2n) is 10.2. The first-order valence-electron chi connectivity index (χ1n) is 14.9. The first kappa shape index (κ1) is 31.5. The van der Waals surface area contributed by atoms with Crippen LogP contribution < -0.4 is 0 Å². The number of hydrogen-bond donors (Lipinski definition) is 0. The van der Waals surface area contributed by atoms with Crippen molar-refractivity contribution >= 4 is 5.97 Å². The van der Waals surface area contributed by atoms with E-state index in [0.717, 1.165) is 19.3 Å². The van der Waals surface area contributed by atoms with Crippen LogP contribution in [-0.2, 0) is 9.53 Å². The molecule has 0 aromatic heterocycles. The Kier molecular flexibility index (Phi) is 26.3. The van der Waals surface area contributed by atoms with Gasteiger partial charge in [-0.2, -0.15) is 0 Å². The summed E-state index contributed by atoms with van der Waals surface area (Å²) in [7, 11) is 0. The molecular weight excluding hydrogens is 392 g/mol. The Morgan fingerprint density at radius 2 is 0.781 bits per heavy atom. The minimum atomic E-state index is 0.102. The maximum Gasteiger partial charge on any atom is 0.308 e. The molecule has 0 saturated heterocycles. The first-order valence-corrected chi connectivity index (χ1v) is 14.9. The van der Waals surface area contributed by atoms with E-state index < -0.39 is 0 Å². The third kappa shape index (κ3) is 22.7. The van der Waals surface area contributed by atoms with Gasteiger partial charge in [0.1, 0.15) is 0 Å². The molecule has 0 spiro atoms. The summed E-state index contributed by atoms with van der Waals surface area (Å²) in [5.74, 6) is 0.250. The first-order chi connectivity index (χ1) is 15.8. The van der Waals surface area contributed by atoms with Crippen LogP contribution in [-0.4, -0.2) is 12.6 Å². The number of unbranched alkanes of at least 4 members (excludes halogenated alkanes) is 19. The van der Waals surface area contributed by atoms with Crippen molar-refractivity contribution in [1.82, 2.24) is 0 Å². The zero-order chi connectivity index (χ0) is 23.5. The van der Waals surface area contributed by atoms with Gasteiger partial charge in [0, 0.05) is 0 Å². The third-order valence-corrected chi connectivity index (χ3v) is 6.89. The summed E-state index contributed by atoms with van der Waals surface area (Å²) in [4.78, 5) is 12.7. The third-order valence-electron chi connectivity index (χ3n) is 6.89. The molecule has 0 N–H and O–H groups in total. The maximum atomic E-state index is 12.7. The van der Waals surface area contributed by atoms with E-state index >= 15 is 0 Å². The van der Waals surface area contributed by atoms with E-state index in [4.69, 9.17) is 4.74 Å². The fraction of sp³-hybridized carbons (Fsp3) is 0.967. The van der Waals surface area contributed by atoms with Gasteiger partial charge in [0.05, 0.1) is 12.5 Å². The van der Waals surface area contributed by atoms with Gasteiger partial charge in [-0.1, -0.05) is 156 Å². The van der Waals surface area contributed by atoms with Crippen LogP contribution in [0.1, 0.15) is 175 Å². The second-order valence-corrected chi connectivity index (χ2v) is 10.2. The maximum absolute atomic E-state index is 12.7. The van der Waals surface area contributed by atoms with Gasteiger partial charge in [0.25, 0.3) is 0 Å². The fourth-order valence-electron chi connectivity index (χ4n) is 4.60. The van der Waals surface area contributed by atoms with Gasteiger partial charge < -0.3 is 4.74 Å². The smallest absolute Gasteiger partial charge is 0.308 e. The quantitative estimate of drug-likeness (QED) is 0.0963. The lowest BCUT2D eigenvalue weighted by atomic mass is 9.94. The largest absolute Gasteiger partial charge is 0.465 e. The van der Waals surface area contributed by atoms with Crippen molar-refractivity contribution in [1.29, 1.82) is 0 Å². The molecule has 32 heavy (non-hydrogen) atoms. The highest BCUT2D eigenvalue weighted by atomic mass is 16.5. The molecule has 0 radical (unpaired) electrons. The zero-order valence-corrected chi connectivity index (χ0v) is 22.6. The summed E-state index contributed by atoms with van der Waals surface area (Å²) in [6, 6.07) is 0. The van der Waals surface area contributed by atoms with Crippen LogP contribution in [0.15, 0.2) is 0 Å². The molecule has 2 heteroatoms. The lowest BCUT2D eigenvalue weighted by Gasteiger charge is -2.16. The Labute approximate surface area is 203 Å². The number of ether oxygens (including phenoxy) is 1. The van der Waals surface area contributed by atoms with Crippen molar-refractivity contribution in [3.63, 3.8) is 0 Å². The molecule has 192 valence electrons. The highest BCUT2D eigenvalue weighted by Crippen LogP contribution is 2.21. The van der Waals surface area contributed by atoms with Gasteiger partial charge >= 0.3 is 5.97 Å². The van der Waals surface area contributed by atoms with E-state index in [2.05, 4.69) is 20.8 Å². The molecule has 0 atom stereocenters. The SMILES string of the molecule is CCCCCCCCCCOC(=O)C(CCCCCCCCC)CCCCCCCCC. The molecule has 0 aliphatic rings. The van der Waals surface area contributed by atoms with Gasteiger partial charge in [-0.15, -0.1) is 0 Å². The molecule has 0 aromatic rings. The highest BCUT2D eigenvalue weighted by Gasteiger charge is 2.19. The van der Waals surface area contributed by atoms with Gasteiger partial charge in [-0.05, 0) is 19.3 Å². The normalized spacial score (nSPS) is 11.4. The van der Waals surface area contributed by atoms with Crippen LogP contribution in [0.25, 0.3) is 0 Å². The van der Waals surface area contributed by atoms with Crippen molar-refractivity contribution in [2.75, 3.05) is 6.61 Å². The van der Waals surface area contributed by atoms with Crippen LogP contribution in [0.5, 0.6) is 0 Å². The van der Waals surface area contributed by atoms with E-state index in [1.807, 2.05) is 0 Å². The molecule has 0 unspecified atom stereocenters. The van der Waals surface area contributed by atoms with Crippen LogP contribution in [0.3, 0.4) is 0 Å². The number of esters is 1. The monoisotopic (exact) mass is 452 g/mol. The second kappa shape index (κ2) is 26.7. The van der Waals surface area contributed by atoms with E-state index in [1.165, 1.54) is 135 Å². The van der Waals surface area contributed by atoms with Gasteiger partial charge in [0.15, 0.2) is 0 Å². The van der Waals surface area contributed by atoms with E-state index in [1.54, 1.807) is 0 Å². The average molecular weight is 453 g/mol. The molecule has 0 aliphatic heterocycles. The minimum absolute atomic E-state index is 0.102. The van der Waals surface area contributed by atoms with Crippen molar-refractivity contribution in [2.45, 2.75) is 175 Å². The Balaban J connectivity index is 4.01. The number of hydrogen-bond acceptors (Lipinski definition) is 2. The summed E-state index contributed by atoms with van der Waals surface area (Å²) in [6.07, 6.45) is 30.8. The molecule has 0 amide bonds. The van der Waals surface area contributed by atoms with Crippen molar-refractivity contribution < 1.29 is 9.53 Å². The molecule has 0 rings (SSSR count). The number of rotatable bonds is 26. The Hall–Kier alpha value is -0.530. The van der Waals surface area contributed by atoms with Crippen LogP contribution in [0.4, 0.5) is 0 Å². The molecule has 2 nitrogen and oxygen atoms in total. The Bertz CT molecular complexity index is 348. The van der Waals surface area contributed by atoms with Crippen molar-refractivity contribution in [3.8, 4) is 0 Å². The molecule has 0 aromatic carbocycles. The van der Waals surface area contributed by atoms with Crippen molar-refractivity contribution in [2.24, 2.45) is 5.92 Å². The molecular formula is C30H60O2. The lowest BCUT2D eigenvalue weighted by Crippen LogP contribution is -2.18. The molecule has 0 heterocycles. The minimum Gasteiger partial charge on any atom is -0.465 e. The van der Waals surface area contributed by atoms with Crippen molar-refractivity contribution in [3.05, 3.63) is 0 Å². The van der Waals surface area contributed by atoms with E-state index in [0.29, 0.717) is 6.61 Å². The predicted octanol–water partition coefficient (Wildman–Crippen LogP) is 10.6. The van der Waals surface area contributed by atoms with Crippen LogP contribution >= 0.6 is 0 Å². The lowest BCUT2D eigenvalue weighted by molar-refractivity contribution is -0.149. The Morgan fingerprint density at radius 1 is 0.469 bits per heavy atom. The van der Waals surface area contributed by atoms with Crippen LogP contribution in [0.2, 0.25) is 0 Å². The highest BCUT2D eigenvalue weighted by molar-refractivity contribution is 5.72. The molecule has 0 fully saturated rings. The van der Waals surface area contributed by atoms with E-state index in [9.17, 15) is 4.79 Å². The molecule has 0 aliphatic carbocycles. The van der Waals surface area contributed by atoms with Gasteiger partial charge in [0.2, 0.25) is 0 Å².